The van der Waals surface area contributed by atoms with Gasteiger partial charge in [-0.15, -0.1) is 0 Å². The van der Waals surface area contributed by atoms with Crippen molar-refractivity contribution in [3.8, 4) is 0 Å². The zero-order chi connectivity index (χ0) is 24.0. The molecule has 0 atom stereocenters. The molecule has 0 aromatic heterocycles. The molecule has 0 fully saturated rings. The van der Waals surface area contributed by atoms with Gasteiger partial charge in [-0.2, -0.15) is 0 Å². The number of nitrogens with zero attached hydrogens (tertiary/aromatic N) is 2. The van der Waals surface area contributed by atoms with Gasteiger partial charge in [0.15, 0.2) is 0 Å². The van der Waals surface area contributed by atoms with E-state index in [0.717, 1.165) is 21.7 Å². The summed E-state index contributed by atoms with van der Waals surface area (Å²) in [6, 6.07) is 4.45. The summed E-state index contributed by atoms with van der Waals surface area (Å²) in [4.78, 5) is 40.5. The molecule has 1 aromatic rings. The Bertz CT molecular complexity index is 1100. The lowest BCUT2D eigenvalue weighted by molar-refractivity contribution is 0.0710. The summed E-state index contributed by atoms with van der Waals surface area (Å²) < 4.78 is 0. The monoisotopic (exact) mass is 431 g/mol. The van der Waals surface area contributed by atoms with E-state index in [1.165, 1.54) is 25.2 Å². The van der Waals surface area contributed by atoms with Gasteiger partial charge in [-0.25, -0.2) is 4.90 Å². The normalized spacial score (nSPS) is 14.3. The molecule has 32 heavy (non-hydrogen) atoms. The molecular formula is C26H29N3O3. The summed E-state index contributed by atoms with van der Waals surface area (Å²) in [5, 5.41) is 2.51. The topological polar surface area (TPSA) is 69.7 Å². The number of benzene rings is 1. The SMILES string of the molecule is C=C(\C=C/C(=C\C)C(/C=C\C(=C)N1C(=O)c2ccc(C(=O)NC)cc2C1=O)=C/C)N(C)C. The molecule has 6 heteroatoms. The third-order valence-electron chi connectivity index (χ3n) is 5.10. The van der Waals surface area contributed by atoms with Gasteiger partial charge in [0.2, 0.25) is 0 Å². The van der Waals surface area contributed by atoms with Gasteiger partial charge in [0.1, 0.15) is 0 Å². The fourth-order valence-corrected chi connectivity index (χ4v) is 3.10. The number of nitrogens with one attached hydrogen (secondary N) is 1. The first-order valence-corrected chi connectivity index (χ1v) is 10.1. The van der Waals surface area contributed by atoms with Crippen LogP contribution in [0.2, 0.25) is 0 Å². The molecule has 3 amide bonds. The van der Waals surface area contributed by atoms with Gasteiger partial charge >= 0.3 is 0 Å². The molecule has 0 aliphatic carbocycles. The summed E-state index contributed by atoms with van der Waals surface area (Å²) in [5.41, 5.74) is 3.71. The van der Waals surface area contributed by atoms with Crippen LogP contribution in [0.4, 0.5) is 0 Å². The second kappa shape index (κ2) is 10.4. The Labute approximate surface area is 189 Å². The number of carbonyl (C=O) groups is 3. The Balaban J connectivity index is 2.25. The Hall–Kier alpha value is -3.93. The minimum atomic E-state index is -0.499. The van der Waals surface area contributed by atoms with E-state index in [1.54, 1.807) is 12.2 Å². The first-order chi connectivity index (χ1) is 15.2. The average Bonchev–Trinajstić information content (AvgIpc) is 3.04. The van der Waals surface area contributed by atoms with Crippen molar-refractivity contribution in [2.75, 3.05) is 21.1 Å². The number of imide groups is 1. The summed E-state index contributed by atoms with van der Waals surface area (Å²) in [5.74, 6) is -1.29. The van der Waals surface area contributed by atoms with E-state index in [9.17, 15) is 14.4 Å². The second-order valence-corrected chi connectivity index (χ2v) is 7.32. The number of amides is 3. The molecule has 0 saturated heterocycles. The quantitative estimate of drug-likeness (QED) is 0.494. The smallest absolute Gasteiger partial charge is 0.266 e. The van der Waals surface area contributed by atoms with Crippen LogP contribution in [0, 0.1) is 0 Å². The third-order valence-corrected chi connectivity index (χ3v) is 5.10. The number of allylic oxidation sites excluding steroid dienone is 8. The van der Waals surface area contributed by atoms with Crippen LogP contribution in [0.3, 0.4) is 0 Å². The second-order valence-electron chi connectivity index (χ2n) is 7.32. The van der Waals surface area contributed by atoms with E-state index in [-0.39, 0.29) is 22.7 Å². The summed E-state index contributed by atoms with van der Waals surface area (Å²) in [6.45, 7) is 11.7. The lowest BCUT2D eigenvalue weighted by atomic mass is 10.0. The van der Waals surface area contributed by atoms with Crippen LogP contribution >= 0.6 is 0 Å². The van der Waals surface area contributed by atoms with E-state index < -0.39 is 11.8 Å². The van der Waals surface area contributed by atoms with Gasteiger partial charge in [0.05, 0.1) is 11.1 Å². The van der Waals surface area contributed by atoms with Gasteiger partial charge in [-0.3, -0.25) is 14.4 Å². The van der Waals surface area contributed by atoms with E-state index in [0.29, 0.717) is 5.56 Å². The van der Waals surface area contributed by atoms with Crippen molar-refractivity contribution in [1.82, 2.24) is 15.1 Å². The van der Waals surface area contributed by atoms with Crippen LogP contribution in [-0.2, 0) is 0 Å². The predicted molar refractivity (Wildman–Crippen MR) is 128 cm³/mol. The number of hydrogen-bond donors (Lipinski definition) is 1. The van der Waals surface area contributed by atoms with E-state index in [2.05, 4.69) is 18.5 Å². The third kappa shape index (κ3) is 5.03. The van der Waals surface area contributed by atoms with Crippen molar-refractivity contribution >= 4 is 17.7 Å². The standard InChI is InChI=1S/C26H29N3O3/c1-8-19(12-10-17(3)28(6)7)20(9-2)13-11-18(4)29-25(31)22-15-14-21(24(30)27-5)16-23(22)26(29)32/h8-16H,3-4H2,1-2,5-7H3,(H,27,30)/b12-10-,13-11-,19-8+,20-9+. The number of rotatable bonds is 8. The fourth-order valence-electron chi connectivity index (χ4n) is 3.10. The van der Waals surface area contributed by atoms with Crippen molar-refractivity contribution in [3.05, 3.63) is 107 Å². The minimum absolute atomic E-state index is 0.191. The molecule has 2 rings (SSSR count). The predicted octanol–water partition coefficient (Wildman–Crippen LogP) is 4.24. The van der Waals surface area contributed by atoms with Gasteiger partial charge < -0.3 is 10.2 Å². The first-order valence-electron chi connectivity index (χ1n) is 10.1. The van der Waals surface area contributed by atoms with Crippen molar-refractivity contribution in [2.24, 2.45) is 0 Å². The molecule has 0 unspecified atom stereocenters. The van der Waals surface area contributed by atoms with Crippen LogP contribution < -0.4 is 5.32 Å². The van der Waals surface area contributed by atoms with Crippen molar-refractivity contribution in [1.29, 1.82) is 0 Å². The van der Waals surface area contributed by atoms with Gasteiger partial charge in [0.25, 0.3) is 17.7 Å². The van der Waals surface area contributed by atoms with Gasteiger partial charge in [-0.05, 0) is 55.3 Å². The zero-order valence-corrected chi connectivity index (χ0v) is 19.2. The summed E-state index contributed by atoms with van der Waals surface area (Å²) in [6.07, 6.45) is 11.2. The summed E-state index contributed by atoms with van der Waals surface area (Å²) in [7, 11) is 5.34. The van der Waals surface area contributed by atoms with E-state index >= 15 is 0 Å². The minimum Gasteiger partial charge on any atom is -0.378 e. The Morgan fingerprint density at radius 1 is 0.938 bits per heavy atom. The Kier molecular flexibility index (Phi) is 7.91. The van der Waals surface area contributed by atoms with Crippen molar-refractivity contribution in [3.63, 3.8) is 0 Å². The fraction of sp³-hybridized carbons (Fsp3) is 0.192. The number of hydrogen-bond acceptors (Lipinski definition) is 4. The molecule has 0 bridgehead atoms. The molecule has 1 heterocycles. The lowest BCUT2D eigenvalue weighted by Crippen LogP contribution is -2.27. The summed E-state index contributed by atoms with van der Waals surface area (Å²) >= 11 is 0. The maximum absolute atomic E-state index is 12.9. The molecular weight excluding hydrogens is 402 g/mol. The molecule has 0 radical (unpaired) electrons. The molecule has 1 aliphatic heterocycles. The molecule has 0 saturated carbocycles. The molecule has 6 nitrogen and oxygen atoms in total. The Morgan fingerprint density at radius 3 is 2.03 bits per heavy atom. The van der Waals surface area contributed by atoms with E-state index in [1.807, 2.05) is 57.1 Å². The molecule has 1 aliphatic rings. The maximum atomic E-state index is 12.9. The zero-order valence-electron chi connectivity index (χ0n) is 19.2. The highest BCUT2D eigenvalue weighted by Crippen LogP contribution is 2.27. The highest BCUT2D eigenvalue weighted by molar-refractivity contribution is 6.23. The average molecular weight is 432 g/mol. The number of likely N-dealkylation sites (N-methyl/N-ethyl adjacent to an activating group) is 1. The molecule has 0 spiro atoms. The number of carbonyl (C=O) groups excluding carboxylic acids is 3. The van der Waals surface area contributed by atoms with Gasteiger partial charge in [0, 0.05) is 38.1 Å². The van der Waals surface area contributed by atoms with Crippen LogP contribution in [0.1, 0.15) is 44.9 Å². The van der Waals surface area contributed by atoms with Crippen LogP contribution in [0.25, 0.3) is 0 Å². The van der Waals surface area contributed by atoms with Crippen LogP contribution in [0.5, 0.6) is 0 Å². The first kappa shape index (κ1) is 24.3. The van der Waals surface area contributed by atoms with Gasteiger partial charge in [-0.1, -0.05) is 37.5 Å². The lowest BCUT2D eigenvalue weighted by Gasteiger charge is -2.14. The van der Waals surface area contributed by atoms with Crippen molar-refractivity contribution in [2.45, 2.75) is 13.8 Å². The highest BCUT2D eigenvalue weighted by atomic mass is 16.2. The van der Waals surface area contributed by atoms with Crippen LogP contribution in [-0.4, -0.2) is 48.7 Å². The highest BCUT2D eigenvalue weighted by Gasteiger charge is 2.37. The number of fused-ring (bicyclic) bond motifs is 1. The Morgan fingerprint density at radius 2 is 1.50 bits per heavy atom. The largest absolute Gasteiger partial charge is 0.378 e. The molecule has 1 aromatic carbocycles. The van der Waals surface area contributed by atoms with Crippen molar-refractivity contribution < 1.29 is 14.4 Å². The molecule has 166 valence electrons. The maximum Gasteiger partial charge on any atom is 0.266 e. The molecule has 1 N–H and O–H groups in total. The van der Waals surface area contributed by atoms with Crippen LogP contribution in [0.15, 0.2) is 90.4 Å². The van der Waals surface area contributed by atoms with E-state index in [4.69, 9.17) is 0 Å².